The molecule has 0 fully saturated rings. The molecule has 1 aromatic heterocycles. The fourth-order valence-electron chi connectivity index (χ4n) is 1.48. The highest BCUT2D eigenvalue weighted by atomic mass is 35.5. The third-order valence-electron chi connectivity index (χ3n) is 2.46. The van der Waals surface area contributed by atoms with Gasteiger partial charge in [0, 0.05) is 6.54 Å². The molecule has 0 saturated carbocycles. The number of hydrogen-bond donors (Lipinski definition) is 2. The summed E-state index contributed by atoms with van der Waals surface area (Å²) in [7, 11) is 0. The summed E-state index contributed by atoms with van der Waals surface area (Å²) in [5.41, 5.74) is 1.47. The average Bonchev–Trinajstić information content (AvgIpc) is 2.40. The van der Waals surface area contributed by atoms with Crippen molar-refractivity contribution in [1.82, 2.24) is 4.98 Å². The molecular formula is C13H10ClFN2O2. The first-order valence-corrected chi connectivity index (χ1v) is 5.81. The van der Waals surface area contributed by atoms with Crippen molar-refractivity contribution >= 4 is 23.3 Å². The topological polar surface area (TPSA) is 62.2 Å². The Morgan fingerprint density at radius 1 is 1.37 bits per heavy atom. The standard InChI is InChI=1S/C13H10ClFN2O2/c14-10-5-8(1-3-11(10)15)6-16-9-2-4-12(13(18)19)17-7-9/h1-5,7,16H,6H2,(H,18,19). The highest BCUT2D eigenvalue weighted by Gasteiger charge is 2.04. The Morgan fingerprint density at radius 2 is 2.16 bits per heavy atom. The SMILES string of the molecule is O=C(O)c1ccc(NCc2ccc(F)c(Cl)c2)cn1. The molecule has 0 atom stereocenters. The molecule has 19 heavy (non-hydrogen) atoms. The van der Waals surface area contributed by atoms with Crippen LogP contribution in [-0.4, -0.2) is 16.1 Å². The van der Waals surface area contributed by atoms with E-state index in [9.17, 15) is 9.18 Å². The summed E-state index contributed by atoms with van der Waals surface area (Å²) in [5, 5.41) is 11.8. The summed E-state index contributed by atoms with van der Waals surface area (Å²) >= 11 is 5.67. The van der Waals surface area contributed by atoms with Crippen LogP contribution in [0.15, 0.2) is 36.5 Å². The molecule has 0 amide bonds. The molecule has 0 aliphatic carbocycles. The van der Waals surface area contributed by atoms with Gasteiger partial charge in [0.1, 0.15) is 11.5 Å². The van der Waals surface area contributed by atoms with E-state index in [0.717, 1.165) is 5.56 Å². The number of anilines is 1. The summed E-state index contributed by atoms with van der Waals surface area (Å²) in [6.07, 6.45) is 1.43. The Labute approximate surface area is 113 Å². The maximum absolute atomic E-state index is 13.0. The minimum Gasteiger partial charge on any atom is -0.477 e. The third-order valence-corrected chi connectivity index (χ3v) is 2.75. The van der Waals surface area contributed by atoms with E-state index in [2.05, 4.69) is 10.3 Å². The van der Waals surface area contributed by atoms with Gasteiger partial charge in [0.15, 0.2) is 0 Å². The molecule has 2 rings (SSSR count). The molecule has 0 saturated heterocycles. The summed E-state index contributed by atoms with van der Waals surface area (Å²) in [5.74, 6) is -1.53. The number of hydrogen-bond acceptors (Lipinski definition) is 3. The second-order valence-corrected chi connectivity index (χ2v) is 4.25. The highest BCUT2D eigenvalue weighted by molar-refractivity contribution is 6.30. The number of carboxylic acids is 1. The van der Waals surface area contributed by atoms with Gasteiger partial charge in [-0.25, -0.2) is 14.2 Å². The largest absolute Gasteiger partial charge is 0.477 e. The van der Waals surface area contributed by atoms with Crippen LogP contribution in [0.5, 0.6) is 0 Å². The Kier molecular flexibility index (Phi) is 3.97. The summed E-state index contributed by atoms with van der Waals surface area (Å²) in [4.78, 5) is 14.4. The summed E-state index contributed by atoms with van der Waals surface area (Å²) < 4.78 is 13.0. The second kappa shape index (κ2) is 5.67. The Morgan fingerprint density at radius 3 is 2.74 bits per heavy atom. The average molecular weight is 281 g/mol. The predicted octanol–water partition coefficient (Wildman–Crippen LogP) is 3.18. The predicted molar refractivity (Wildman–Crippen MR) is 69.9 cm³/mol. The van der Waals surface area contributed by atoms with Gasteiger partial charge in [-0.3, -0.25) is 0 Å². The normalized spacial score (nSPS) is 10.2. The van der Waals surface area contributed by atoms with Crippen LogP contribution >= 0.6 is 11.6 Å². The van der Waals surface area contributed by atoms with Crippen LogP contribution in [0.1, 0.15) is 16.1 Å². The van der Waals surface area contributed by atoms with Crippen molar-refractivity contribution in [3.63, 3.8) is 0 Å². The fraction of sp³-hybridized carbons (Fsp3) is 0.0769. The van der Waals surface area contributed by atoms with Gasteiger partial charge in [-0.05, 0) is 29.8 Å². The maximum atomic E-state index is 13.0. The number of carboxylic acid groups (broad SMARTS) is 1. The first-order valence-electron chi connectivity index (χ1n) is 5.43. The van der Waals surface area contributed by atoms with Crippen molar-refractivity contribution in [3.05, 3.63) is 58.6 Å². The number of halogens is 2. The van der Waals surface area contributed by atoms with E-state index in [-0.39, 0.29) is 10.7 Å². The monoisotopic (exact) mass is 280 g/mol. The van der Waals surface area contributed by atoms with Gasteiger partial charge >= 0.3 is 5.97 Å². The van der Waals surface area contributed by atoms with Crippen LogP contribution in [0.2, 0.25) is 5.02 Å². The lowest BCUT2D eigenvalue weighted by Crippen LogP contribution is -2.03. The van der Waals surface area contributed by atoms with Gasteiger partial charge in [0.05, 0.1) is 16.9 Å². The van der Waals surface area contributed by atoms with Crippen LogP contribution in [0.3, 0.4) is 0 Å². The smallest absolute Gasteiger partial charge is 0.354 e. The van der Waals surface area contributed by atoms with E-state index in [1.807, 2.05) is 0 Å². The number of carbonyl (C=O) groups is 1. The third kappa shape index (κ3) is 3.42. The van der Waals surface area contributed by atoms with Gasteiger partial charge in [-0.1, -0.05) is 17.7 Å². The van der Waals surface area contributed by atoms with Crippen LogP contribution in [-0.2, 0) is 6.54 Å². The van der Waals surface area contributed by atoms with Crippen molar-refractivity contribution in [2.45, 2.75) is 6.54 Å². The summed E-state index contributed by atoms with van der Waals surface area (Å²) in [6.45, 7) is 0.439. The van der Waals surface area contributed by atoms with Crippen molar-refractivity contribution in [3.8, 4) is 0 Å². The molecule has 1 aromatic carbocycles. The lowest BCUT2D eigenvalue weighted by molar-refractivity contribution is 0.0690. The number of rotatable bonds is 4. The van der Waals surface area contributed by atoms with Crippen molar-refractivity contribution in [2.75, 3.05) is 5.32 Å². The molecule has 1 heterocycles. The fourth-order valence-corrected chi connectivity index (χ4v) is 1.68. The molecule has 4 nitrogen and oxygen atoms in total. The maximum Gasteiger partial charge on any atom is 0.354 e. The number of nitrogens with zero attached hydrogens (tertiary/aromatic N) is 1. The molecule has 0 bridgehead atoms. The molecule has 98 valence electrons. The van der Waals surface area contributed by atoms with Crippen LogP contribution in [0, 0.1) is 5.82 Å². The lowest BCUT2D eigenvalue weighted by atomic mass is 10.2. The Bertz CT molecular complexity index is 602. The zero-order valence-electron chi connectivity index (χ0n) is 9.73. The molecule has 2 N–H and O–H groups in total. The van der Waals surface area contributed by atoms with Gasteiger partial charge in [0.25, 0.3) is 0 Å². The molecule has 0 aliphatic rings. The van der Waals surface area contributed by atoms with E-state index < -0.39 is 11.8 Å². The van der Waals surface area contributed by atoms with Gasteiger partial charge in [-0.15, -0.1) is 0 Å². The van der Waals surface area contributed by atoms with Crippen molar-refractivity contribution < 1.29 is 14.3 Å². The Hall–Kier alpha value is -2.14. The second-order valence-electron chi connectivity index (χ2n) is 3.84. The minimum absolute atomic E-state index is 0.0182. The van der Waals surface area contributed by atoms with Crippen LogP contribution < -0.4 is 5.32 Å². The Balaban J connectivity index is 2.01. The first kappa shape index (κ1) is 13.3. The quantitative estimate of drug-likeness (QED) is 0.903. The van der Waals surface area contributed by atoms with Crippen molar-refractivity contribution in [2.24, 2.45) is 0 Å². The molecule has 0 aliphatic heterocycles. The van der Waals surface area contributed by atoms with Gasteiger partial charge in [0.2, 0.25) is 0 Å². The highest BCUT2D eigenvalue weighted by Crippen LogP contribution is 2.17. The van der Waals surface area contributed by atoms with Crippen molar-refractivity contribution in [1.29, 1.82) is 0 Å². The van der Waals surface area contributed by atoms with Gasteiger partial charge < -0.3 is 10.4 Å². The van der Waals surface area contributed by atoms with E-state index in [1.165, 1.54) is 24.4 Å². The lowest BCUT2D eigenvalue weighted by Gasteiger charge is -2.07. The number of aromatic carboxylic acids is 1. The number of aromatic nitrogens is 1. The van der Waals surface area contributed by atoms with Crippen LogP contribution in [0.4, 0.5) is 10.1 Å². The molecule has 6 heteroatoms. The minimum atomic E-state index is -1.07. The van der Waals surface area contributed by atoms with E-state index in [1.54, 1.807) is 12.1 Å². The zero-order valence-corrected chi connectivity index (χ0v) is 10.5. The first-order chi connectivity index (χ1) is 9.06. The van der Waals surface area contributed by atoms with E-state index in [4.69, 9.17) is 16.7 Å². The zero-order chi connectivity index (χ0) is 13.8. The van der Waals surface area contributed by atoms with E-state index in [0.29, 0.717) is 12.2 Å². The summed E-state index contributed by atoms with van der Waals surface area (Å²) in [6, 6.07) is 7.46. The van der Waals surface area contributed by atoms with Crippen LogP contribution in [0.25, 0.3) is 0 Å². The molecule has 2 aromatic rings. The molecule has 0 unspecified atom stereocenters. The molecule has 0 radical (unpaired) electrons. The van der Waals surface area contributed by atoms with E-state index >= 15 is 0 Å². The van der Waals surface area contributed by atoms with Gasteiger partial charge in [-0.2, -0.15) is 0 Å². The molecule has 0 spiro atoms. The number of benzene rings is 1. The molecular weight excluding hydrogens is 271 g/mol. The number of pyridine rings is 1. The number of nitrogens with one attached hydrogen (secondary N) is 1.